The van der Waals surface area contributed by atoms with Crippen LogP contribution in [-0.2, 0) is 14.6 Å². The molecule has 1 unspecified atom stereocenters. The number of amides is 1. The Labute approximate surface area is 115 Å². The van der Waals surface area contributed by atoms with Crippen molar-refractivity contribution < 1.29 is 13.2 Å². The van der Waals surface area contributed by atoms with Gasteiger partial charge >= 0.3 is 0 Å². The summed E-state index contributed by atoms with van der Waals surface area (Å²) in [7, 11) is -2.92. The van der Waals surface area contributed by atoms with E-state index in [1.807, 2.05) is 0 Å². The lowest BCUT2D eigenvalue weighted by Crippen LogP contribution is -2.45. The minimum absolute atomic E-state index is 0.0316. The molecule has 110 valence electrons. The number of likely N-dealkylation sites (N-methyl/N-ethyl adjacent to an activating group) is 1. The van der Waals surface area contributed by atoms with Crippen LogP contribution in [0.3, 0.4) is 0 Å². The van der Waals surface area contributed by atoms with Crippen molar-refractivity contribution in [1.29, 1.82) is 0 Å². The molecule has 0 aromatic carbocycles. The number of carbonyl (C=O) groups is 1. The fourth-order valence-electron chi connectivity index (χ4n) is 3.14. The van der Waals surface area contributed by atoms with Gasteiger partial charge in [-0.2, -0.15) is 0 Å². The van der Waals surface area contributed by atoms with Crippen molar-refractivity contribution in [3.8, 4) is 0 Å². The van der Waals surface area contributed by atoms with Crippen LogP contribution in [0.2, 0.25) is 0 Å². The monoisotopic (exact) mass is 288 g/mol. The molecule has 19 heavy (non-hydrogen) atoms. The summed E-state index contributed by atoms with van der Waals surface area (Å²) in [6, 6.07) is 0.350. The summed E-state index contributed by atoms with van der Waals surface area (Å²) in [6.45, 7) is 3.35. The van der Waals surface area contributed by atoms with Crippen molar-refractivity contribution in [2.75, 3.05) is 24.6 Å². The normalized spacial score (nSPS) is 26.9. The molecule has 1 N–H and O–H groups in total. The zero-order valence-electron chi connectivity index (χ0n) is 11.6. The Morgan fingerprint density at radius 3 is 2.47 bits per heavy atom. The van der Waals surface area contributed by atoms with Crippen molar-refractivity contribution in [3.05, 3.63) is 0 Å². The summed E-state index contributed by atoms with van der Waals surface area (Å²) in [6.07, 6.45) is 5.43. The maximum atomic E-state index is 12.0. The van der Waals surface area contributed by atoms with Crippen LogP contribution in [0, 0.1) is 0 Å². The van der Waals surface area contributed by atoms with Crippen molar-refractivity contribution in [2.45, 2.75) is 51.1 Å². The fraction of sp³-hybridized carbons (Fsp3) is 0.923. The van der Waals surface area contributed by atoms with E-state index in [1.165, 1.54) is 25.7 Å². The number of nitrogens with zero attached hydrogens (tertiary/aromatic N) is 1. The van der Waals surface area contributed by atoms with Gasteiger partial charge in [-0.1, -0.05) is 19.8 Å². The molecular weight excluding hydrogens is 264 g/mol. The van der Waals surface area contributed by atoms with Gasteiger partial charge < -0.3 is 5.32 Å². The lowest BCUT2D eigenvalue weighted by Gasteiger charge is -2.27. The highest BCUT2D eigenvalue weighted by Gasteiger charge is 2.30. The summed E-state index contributed by atoms with van der Waals surface area (Å²) in [5, 5.41) is 2.86. The first-order valence-electron chi connectivity index (χ1n) is 7.24. The maximum Gasteiger partial charge on any atom is 0.234 e. The molecule has 0 aromatic rings. The highest BCUT2D eigenvalue weighted by atomic mass is 32.2. The summed E-state index contributed by atoms with van der Waals surface area (Å²) < 4.78 is 22.7. The highest BCUT2D eigenvalue weighted by molar-refractivity contribution is 7.91. The molecule has 1 heterocycles. The van der Waals surface area contributed by atoms with Gasteiger partial charge in [0.2, 0.25) is 5.91 Å². The van der Waals surface area contributed by atoms with Gasteiger partial charge in [0.05, 0.1) is 18.1 Å². The highest BCUT2D eigenvalue weighted by Crippen LogP contribution is 2.23. The molecule has 1 saturated heterocycles. The second-order valence-corrected chi connectivity index (χ2v) is 7.90. The van der Waals surface area contributed by atoms with Gasteiger partial charge in [0.25, 0.3) is 0 Å². The number of hydrogen-bond acceptors (Lipinski definition) is 4. The van der Waals surface area contributed by atoms with E-state index in [1.54, 1.807) is 0 Å². The molecule has 0 aromatic heterocycles. The second-order valence-electron chi connectivity index (χ2n) is 5.67. The second kappa shape index (κ2) is 6.22. The number of hydrogen-bond donors (Lipinski definition) is 1. The van der Waals surface area contributed by atoms with E-state index in [4.69, 9.17) is 0 Å². The zero-order valence-corrected chi connectivity index (χ0v) is 12.4. The van der Waals surface area contributed by atoms with Gasteiger partial charge in [-0.25, -0.2) is 8.42 Å². The Morgan fingerprint density at radius 2 is 1.95 bits per heavy atom. The summed E-state index contributed by atoms with van der Waals surface area (Å²) in [4.78, 5) is 14.2. The first kappa shape index (κ1) is 14.8. The Morgan fingerprint density at radius 1 is 1.26 bits per heavy atom. The molecule has 1 aliphatic heterocycles. The van der Waals surface area contributed by atoms with Gasteiger partial charge in [-0.05, 0) is 25.8 Å². The topological polar surface area (TPSA) is 66.5 Å². The molecular formula is C13H24N2O3S. The Kier molecular flexibility index (Phi) is 4.84. The lowest BCUT2D eigenvalue weighted by atomic mass is 10.2. The van der Waals surface area contributed by atoms with E-state index in [0.29, 0.717) is 19.0 Å². The minimum atomic E-state index is -2.92. The average molecular weight is 288 g/mol. The van der Waals surface area contributed by atoms with Gasteiger partial charge in [-0.15, -0.1) is 0 Å². The first-order chi connectivity index (χ1) is 9.00. The number of carbonyl (C=O) groups excluding carboxylic acids is 1. The third-order valence-electron chi connectivity index (χ3n) is 4.19. The molecule has 0 radical (unpaired) electrons. The molecule has 2 rings (SSSR count). The van der Waals surface area contributed by atoms with Crippen molar-refractivity contribution >= 4 is 15.7 Å². The zero-order chi connectivity index (χ0) is 13.9. The van der Waals surface area contributed by atoms with E-state index >= 15 is 0 Å². The Balaban J connectivity index is 1.80. The van der Waals surface area contributed by atoms with E-state index in [2.05, 4.69) is 17.1 Å². The molecule has 2 fully saturated rings. The van der Waals surface area contributed by atoms with Gasteiger partial charge in [0.15, 0.2) is 9.84 Å². The smallest absolute Gasteiger partial charge is 0.234 e. The largest absolute Gasteiger partial charge is 0.351 e. The molecule has 6 heteroatoms. The fourth-order valence-corrected chi connectivity index (χ4v) is 4.81. The standard InChI is InChI=1S/C13H24N2O3S/c1-2-15(12-5-3-4-6-12)9-13(16)14-11-7-8-19(17,18)10-11/h11-12H,2-10H2,1H3,(H,14,16). The number of sulfone groups is 1. The van der Waals surface area contributed by atoms with Crippen molar-refractivity contribution in [2.24, 2.45) is 0 Å². The summed E-state index contributed by atoms with van der Waals surface area (Å²) in [5.41, 5.74) is 0. The molecule has 0 bridgehead atoms. The Bertz CT molecular complexity index is 416. The van der Waals surface area contributed by atoms with Crippen LogP contribution < -0.4 is 5.32 Å². The molecule has 1 atom stereocenters. The number of nitrogens with one attached hydrogen (secondary N) is 1. The summed E-state index contributed by atoms with van der Waals surface area (Å²) >= 11 is 0. The molecule has 2 aliphatic rings. The first-order valence-corrected chi connectivity index (χ1v) is 9.06. The third kappa shape index (κ3) is 4.18. The van der Waals surface area contributed by atoms with Crippen LogP contribution >= 0.6 is 0 Å². The quantitative estimate of drug-likeness (QED) is 0.802. The predicted octanol–water partition coefficient (Wildman–Crippen LogP) is 0.554. The third-order valence-corrected chi connectivity index (χ3v) is 5.96. The summed E-state index contributed by atoms with van der Waals surface area (Å²) in [5.74, 6) is 0.280. The van der Waals surface area contributed by atoms with E-state index < -0.39 is 9.84 Å². The Hall–Kier alpha value is -0.620. The van der Waals surface area contributed by atoms with Crippen LogP contribution in [-0.4, -0.2) is 55.9 Å². The van der Waals surface area contributed by atoms with Crippen LogP contribution in [0.25, 0.3) is 0 Å². The van der Waals surface area contributed by atoms with Crippen LogP contribution in [0.5, 0.6) is 0 Å². The van der Waals surface area contributed by atoms with E-state index in [-0.39, 0.29) is 23.5 Å². The minimum Gasteiger partial charge on any atom is -0.351 e. The molecule has 1 saturated carbocycles. The van der Waals surface area contributed by atoms with Crippen LogP contribution in [0.4, 0.5) is 0 Å². The van der Waals surface area contributed by atoms with E-state index in [0.717, 1.165) is 6.54 Å². The van der Waals surface area contributed by atoms with Crippen molar-refractivity contribution in [3.63, 3.8) is 0 Å². The number of rotatable bonds is 5. The van der Waals surface area contributed by atoms with Crippen molar-refractivity contribution in [1.82, 2.24) is 10.2 Å². The molecule has 1 aliphatic carbocycles. The predicted molar refractivity (Wildman–Crippen MR) is 74.7 cm³/mol. The van der Waals surface area contributed by atoms with Crippen LogP contribution in [0.1, 0.15) is 39.0 Å². The molecule has 5 nitrogen and oxygen atoms in total. The average Bonchev–Trinajstić information content (AvgIpc) is 2.96. The lowest BCUT2D eigenvalue weighted by molar-refractivity contribution is -0.123. The van der Waals surface area contributed by atoms with E-state index in [9.17, 15) is 13.2 Å². The van der Waals surface area contributed by atoms with Crippen LogP contribution in [0.15, 0.2) is 0 Å². The van der Waals surface area contributed by atoms with Gasteiger partial charge in [0, 0.05) is 12.1 Å². The molecule has 0 spiro atoms. The van der Waals surface area contributed by atoms with Gasteiger partial charge in [0.1, 0.15) is 0 Å². The maximum absolute atomic E-state index is 12.0. The SMILES string of the molecule is CCN(CC(=O)NC1CCS(=O)(=O)C1)C1CCCC1. The van der Waals surface area contributed by atoms with Gasteiger partial charge in [-0.3, -0.25) is 9.69 Å². The molecule has 1 amide bonds.